The third-order valence-corrected chi connectivity index (χ3v) is 7.71. The van der Waals surface area contributed by atoms with Crippen molar-refractivity contribution in [1.29, 1.82) is 0 Å². The smallest absolute Gasteiger partial charge is 0.416 e. The molecule has 0 aromatic heterocycles. The van der Waals surface area contributed by atoms with Gasteiger partial charge in [-0.1, -0.05) is 30.3 Å². The zero-order valence-corrected chi connectivity index (χ0v) is 27.6. The Morgan fingerprint density at radius 3 is 2.15 bits per heavy atom. The lowest BCUT2D eigenvalue weighted by atomic mass is 9.90. The van der Waals surface area contributed by atoms with E-state index in [4.69, 9.17) is 28.4 Å². The Balaban J connectivity index is 0.000000214. The van der Waals surface area contributed by atoms with Gasteiger partial charge in [-0.3, -0.25) is 0 Å². The average Bonchev–Trinajstić information content (AvgIpc) is 3.08. The number of alkyl halides is 3. The highest BCUT2D eigenvalue weighted by molar-refractivity contribution is 5.92. The van der Waals surface area contributed by atoms with Gasteiger partial charge in [-0.05, 0) is 67.7 Å². The number of hydrogen-bond acceptors (Lipinski definition) is 8. The molecule has 2 unspecified atom stereocenters. The maximum Gasteiger partial charge on any atom is 0.416 e. The molecule has 256 valence electrons. The van der Waals surface area contributed by atoms with Gasteiger partial charge in [0.25, 0.3) is 5.79 Å². The van der Waals surface area contributed by atoms with Crippen molar-refractivity contribution in [2.24, 2.45) is 0 Å². The van der Waals surface area contributed by atoms with Gasteiger partial charge in [0.1, 0.15) is 29.1 Å². The fourth-order valence-corrected chi connectivity index (χ4v) is 5.24. The zero-order chi connectivity index (χ0) is 33.6. The first-order valence-corrected chi connectivity index (χ1v) is 14.8. The van der Waals surface area contributed by atoms with E-state index in [-0.39, 0.29) is 25.1 Å². The summed E-state index contributed by atoms with van der Waals surface area (Å²) in [6.07, 6.45) is -1.92. The van der Waals surface area contributed by atoms with E-state index in [9.17, 15) is 18.3 Å². The highest BCUT2D eigenvalue weighted by atomic mass is 35.5. The van der Waals surface area contributed by atoms with Crippen molar-refractivity contribution in [2.75, 3.05) is 41.5 Å². The standard InChI is InChI=1S/C19H18O6.C17H18F3NO.ClH/c1-21-12-5-4-11-6-14-13-8-17(22-2)18(23-3)9-16(13)24-10-19(14,20)25-15(11)7-12;1-21-12-11-16(13-5-3-2-4-6-13)22-15-9-7-14(8-10-15)17(18,19)20;/h4-9,20H,10H2,1-3H3;2-10,16,21H,11-12H2,1H3;1H. The Bertz CT molecular complexity index is 1700. The van der Waals surface area contributed by atoms with Crippen LogP contribution in [0.3, 0.4) is 0 Å². The van der Waals surface area contributed by atoms with E-state index in [2.05, 4.69) is 5.32 Å². The van der Waals surface area contributed by atoms with Gasteiger partial charge in [0, 0.05) is 35.3 Å². The minimum absolute atomic E-state index is 0. The molecule has 12 heteroatoms. The molecule has 2 heterocycles. The van der Waals surface area contributed by atoms with Crippen LogP contribution in [-0.2, 0) is 6.18 Å². The van der Waals surface area contributed by atoms with E-state index in [1.54, 1.807) is 39.5 Å². The molecule has 2 N–H and O–H groups in total. The summed E-state index contributed by atoms with van der Waals surface area (Å²) in [4.78, 5) is 0. The zero-order valence-electron chi connectivity index (χ0n) is 26.8. The van der Waals surface area contributed by atoms with Crippen LogP contribution in [0, 0.1) is 0 Å². The highest BCUT2D eigenvalue weighted by Crippen LogP contribution is 2.49. The molecule has 48 heavy (non-hydrogen) atoms. The normalized spacial score (nSPS) is 16.4. The van der Waals surface area contributed by atoms with Gasteiger partial charge in [0.05, 0.1) is 26.9 Å². The van der Waals surface area contributed by atoms with Gasteiger partial charge < -0.3 is 38.8 Å². The van der Waals surface area contributed by atoms with Crippen LogP contribution in [0.1, 0.15) is 34.8 Å². The van der Waals surface area contributed by atoms with Crippen LogP contribution < -0.4 is 33.7 Å². The van der Waals surface area contributed by atoms with Crippen LogP contribution in [0.25, 0.3) is 11.6 Å². The minimum atomic E-state index is -4.33. The van der Waals surface area contributed by atoms with Gasteiger partial charge in [0.15, 0.2) is 18.1 Å². The second kappa shape index (κ2) is 15.5. The summed E-state index contributed by atoms with van der Waals surface area (Å²) in [6.45, 7) is 0.720. The Labute approximate surface area is 283 Å². The molecule has 0 aliphatic carbocycles. The molecule has 0 fully saturated rings. The van der Waals surface area contributed by atoms with Crippen molar-refractivity contribution in [2.45, 2.75) is 24.5 Å². The number of ether oxygens (including phenoxy) is 6. The lowest BCUT2D eigenvalue weighted by molar-refractivity contribution is -0.137. The van der Waals surface area contributed by atoms with Crippen molar-refractivity contribution in [3.63, 3.8) is 0 Å². The Hall–Kier alpha value is -4.58. The molecule has 0 spiro atoms. The van der Waals surface area contributed by atoms with Gasteiger partial charge >= 0.3 is 6.18 Å². The molecule has 0 saturated heterocycles. The summed E-state index contributed by atoms with van der Waals surface area (Å²) in [6, 6.07) is 23.4. The fraction of sp³-hybridized carbons (Fsp3) is 0.278. The minimum Gasteiger partial charge on any atom is -0.497 e. The molecule has 2 aliphatic heterocycles. The predicted octanol–water partition coefficient (Wildman–Crippen LogP) is 7.58. The number of fused-ring (bicyclic) bond motifs is 4. The third-order valence-electron chi connectivity index (χ3n) is 7.71. The molecule has 8 nitrogen and oxygen atoms in total. The van der Waals surface area contributed by atoms with E-state index in [1.165, 1.54) is 12.1 Å². The van der Waals surface area contributed by atoms with Crippen LogP contribution in [0.4, 0.5) is 13.2 Å². The summed E-state index contributed by atoms with van der Waals surface area (Å²) in [5.41, 5.74) is 2.49. The molecule has 0 radical (unpaired) electrons. The second-order valence-corrected chi connectivity index (χ2v) is 10.8. The van der Waals surface area contributed by atoms with Crippen LogP contribution in [-0.4, -0.2) is 52.4 Å². The predicted molar refractivity (Wildman–Crippen MR) is 179 cm³/mol. The first-order valence-electron chi connectivity index (χ1n) is 14.8. The average molecular weight is 688 g/mol. The first kappa shape index (κ1) is 36.3. The topological polar surface area (TPSA) is 87.6 Å². The van der Waals surface area contributed by atoms with E-state index >= 15 is 0 Å². The van der Waals surface area contributed by atoms with E-state index in [0.717, 1.165) is 36.2 Å². The number of methoxy groups -OCH3 is 3. The van der Waals surface area contributed by atoms with E-state index in [0.29, 0.717) is 45.6 Å². The first-order chi connectivity index (χ1) is 22.6. The molecule has 2 atom stereocenters. The second-order valence-electron chi connectivity index (χ2n) is 10.8. The Kier molecular flexibility index (Phi) is 11.7. The Morgan fingerprint density at radius 2 is 1.52 bits per heavy atom. The molecule has 0 amide bonds. The number of halogens is 4. The molecule has 6 rings (SSSR count). The summed E-state index contributed by atoms with van der Waals surface area (Å²) in [5.74, 6) is 1.77. The summed E-state index contributed by atoms with van der Waals surface area (Å²) in [5, 5.41) is 14.1. The number of aliphatic hydroxyl groups is 1. The Morgan fingerprint density at radius 1 is 0.854 bits per heavy atom. The molecule has 0 saturated carbocycles. The quantitative estimate of drug-likeness (QED) is 0.186. The van der Waals surface area contributed by atoms with Crippen LogP contribution in [0.5, 0.6) is 34.5 Å². The molecular formula is C36H37ClF3NO7. The summed E-state index contributed by atoms with van der Waals surface area (Å²) in [7, 11) is 6.56. The van der Waals surface area contributed by atoms with Crippen molar-refractivity contribution in [3.8, 4) is 34.5 Å². The van der Waals surface area contributed by atoms with E-state index in [1.807, 2.05) is 55.6 Å². The van der Waals surface area contributed by atoms with Crippen LogP contribution >= 0.6 is 12.4 Å². The van der Waals surface area contributed by atoms with Gasteiger partial charge in [-0.25, -0.2) is 0 Å². The molecule has 0 bridgehead atoms. The molecule has 4 aromatic rings. The third kappa shape index (κ3) is 8.10. The van der Waals surface area contributed by atoms with Crippen molar-refractivity contribution >= 4 is 24.1 Å². The maximum absolute atomic E-state index is 12.6. The summed E-state index contributed by atoms with van der Waals surface area (Å²) >= 11 is 0. The number of hydrogen-bond donors (Lipinski definition) is 2. The lowest BCUT2D eigenvalue weighted by Gasteiger charge is -2.39. The number of benzene rings is 4. The monoisotopic (exact) mass is 687 g/mol. The SMILES string of the molecule is CNCCC(Oc1ccc(C(F)(F)F)cc1)c1ccccc1.COc1ccc2c(c1)OC1(O)COc3cc(OC)c(OC)cc3C1=C2.Cl. The molecule has 2 aliphatic rings. The fourth-order valence-electron chi connectivity index (χ4n) is 5.24. The van der Waals surface area contributed by atoms with Crippen LogP contribution in [0.2, 0.25) is 0 Å². The lowest BCUT2D eigenvalue weighted by Crippen LogP contribution is -2.47. The molecular weight excluding hydrogens is 651 g/mol. The van der Waals surface area contributed by atoms with Gasteiger partial charge in [-0.2, -0.15) is 13.2 Å². The highest BCUT2D eigenvalue weighted by Gasteiger charge is 2.44. The number of nitrogens with one attached hydrogen (secondary N) is 1. The number of rotatable bonds is 9. The largest absolute Gasteiger partial charge is 0.497 e. The van der Waals surface area contributed by atoms with Crippen molar-refractivity contribution in [3.05, 3.63) is 107 Å². The van der Waals surface area contributed by atoms with Gasteiger partial charge in [-0.15, -0.1) is 12.4 Å². The maximum atomic E-state index is 12.6. The van der Waals surface area contributed by atoms with Gasteiger partial charge in [0.2, 0.25) is 0 Å². The van der Waals surface area contributed by atoms with E-state index < -0.39 is 17.5 Å². The van der Waals surface area contributed by atoms with Crippen LogP contribution in [0.15, 0.2) is 84.9 Å². The molecule has 4 aromatic carbocycles. The van der Waals surface area contributed by atoms with Crippen molar-refractivity contribution in [1.82, 2.24) is 5.32 Å². The van der Waals surface area contributed by atoms with Crippen molar-refractivity contribution < 1.29 is 46.7 Å². The summed E-state index contributed by atoms with van der Waals surface area (Å²) < 4.78 is 71.0.